The molecule has 0 bridgehead atoms. The van der Waals surface area contributed by atoms with E-state index in [1.165, 1.54) is 12.6 Å². The summed E-state index contributed by atoms with van der Waals surface area (Å²) in [5.41, 5.74) is 3.41. The molecular weight excluding hydrogens is 480 g/mol. The Labute approximate surface area is 203 Å². The quantitative estimate of drug-likeness (QED) is 0.295. The third kappa shape index (κ3) is 5.34. The van der Waals surface area contributed by atoms with Crippen LogP contribution in [0, 0.1) is 20.8 Å². The minimum Gasteiger partial charge on any atom is -0.496 e. The highest BCUT2D eigenvalue weighted by Gasteiger charge is 2.39. The number of carbonyl (C=O) groups is 2. The van der Waals surface area contributed by atoms with Crippen molar-refractivity contribution in [2.45, 2.75) is 45.2 Å². The highest BCUT2D eigenvalue weighted by Crippen LogP contribution is 2.36. The molecule has 190 valence electrons. The van der Waals surface area contributed by atoms with Crippen LogP contribution in [0.5, 0.6) is 17.2 Å². The summed E-state index contributed by atoms with van der Waals surface area (Å²) in [6, 6.07) is 4.89. The number of hydrogen-bond donors (Lipinski definition) is 2. The molecule has 1 amide bonds. The van der Waals surface area contributed by atoms with Gasteiger partial charge in [-0.1, -0.05) is 6.07 Å². The van der Waals surface area contributed by atoms with Crippen LogP contribution >= 0.6 is 0 Å². The van der Waals surface area contributed by atoms with Crippen LogP contribution in [0.4, 0.5) is 0 Å². The summed E-state index contributed by atoms with van der Waals surface area (Å²) in [4.78, 5) is 24.1. The summed E-state index contributed by atoms with van der Waals surface area (Å²) in [5.74, 6) is -0.323. The van der Waals surface area contributed by atoms with Gasteiger partial charge in [-0.25, -0.2) is 13.9 Å². The largest absolute Gasteiger partial charge is 0.496 e. The fraction of sp³-hybridized carbons (Fsp3) is 0.391. The molecule has 12 heteroatoms. The van der Waals surface area contributed by atoms with Crippen molar-refractivity contribution in [3.63, 3.8) is 0 Å². The minimum absolute atomic E-state index is 0.0184. The summed E-state index contributed by atoms with van der Waals surface area (Å²) in [6.07, 6.45) is 0. The number of nitrogens with one attached hydrogen (secondary N) is 1. The van der Waals surface area contributed by atoms with Crippen LogP contribution in [0.3, 0.4) is 0 Å². The topological polar surface area (TPSA) is 141 Å². The zero-order valence-electron chi connectivity index (χ0n) is 20.1. The minimum atomic E-state index is -4.38. The van der Waals surface area contributed by atoms with Gasteiger partial charge in [0.25, 0.3) is 5.91 Å². The van der Waals surface area contributed by atoms with E-state index in [-0.39, 0.29) is 18.2 Å². The number of nitrogens with zero attached hydrogens (tertiary/aromatic N) is 1. The average Bonchev–Trinajstić information content (AvgIpc) is 3.28. The van der Waals surface area contributed by atoms with Gasteiger partial charge in [-0.15, -0.1) is 0 Å². The van der Waals surface area contributed by atoms with Crippen LogP contribution < -0.4 is 19.7 Å². The number of benzene rings is 2. The molecular formula is C23H28N2O9S. The predicted molar refractivity (Wildman–Crippen MR) is 123 cm³/mol. The highest BCUT2D eigenvalue weighted by atomic mass is 32.2. The molecule has 0 spiro atoms. The standard InChI is InChI=1S/C23H28N2O9S/c1-13-8-20(31-5)14(2)15(3)22(13)35(29,30)25(18(23(27)24-28)11-32-16(4)26)10-17-6-7-19-21(9-17)34-12-33-19/h6-9,18,28H,10-12H2,1-5H3,(H,24,27). The molecule has 1 aliphatic heterocycles. The Bertz CT molecular complexity index is 1240. The fourth-order valence-electron chi connectivity index (χ4n) is 3.89. The number of methoxy groups -OCH3 is 1. The van der Waals surface area contributed by atoms with E-state index >= 15 is 0 Å². The molecule has 1 atom stereocenters. The van der Waals surface area contributed by atoms with Gasteiger partial charge in [-0.3, -0.25) is 14.8 Å². The highest BCUT2D eigenvalue weighted by molar-refractivity contribution is 7.89. The summed E-state index contributed by atoms with van der Waals surface area (Å²) >= 11 is 0. The molecule has 0 saturated carbocycles. The third-order valence-corrected chi connectivity index (χ3v) is 7.89. The van der Waals surface area contributed by atoms with E-state index in [1.54, 1.807) is 45.0 Å². The second-order valence-corrected chi connectivity index (χ2v) is 9.83. The Morgan fingerprint density at radius 1 is 1.14 bits per heavy atom. The molecule has 0 radical (unpaired) electrons. The van der Waals surface area contributed by atoms with Crippen molar-refractivity contribution in [2.75, 3.05) is 20.5 Å². The molecule has 0 aromatic heterocycles. The van der Waals surface area contributed by atoms with Gasteiger partial charge in [0, 0.05) is 13.5 Å². The summed E-state index contributed by atoms with van der Waals surface area (Å²) in [7, 11) is -2.89. The van der Waals surface area contributed by atoms with Gasteiger partial charge in [-0.2, -0.15) is 4.31 Å². The zero-order valence-corrected chi connectivity index (χ0v) is 20.9. The van der Waals surface area contributed by atoms with Crippen LogP contribution in [0.1, 0.15) is 29.2 Å². The summed E-state index contributed by atoms with van der Waals surface area (Å²) in [5, 5.41) is 9.36. The average molecular weight is 509 g/mol. The van der Waals surface area contributed by atoms with Gasteiger partial charge >= 0.3 is 5.97 Å². The lowest BCUT2D eigenvalue weighted by Gasteiger charge is -2.30. The number of ether oxygens (including phenoxy) is 4. The first kappa shape index (κ1) is 26.3. The Balaban J connectivity index is 2.17. The monoisotopic (exact) mass is 508 g/mol. The van der Waals surface area contributed by atoms with Crippen LogP contribution in [0.25, 0.3) is 0 Å². The summed E-state index contributed by atoms with van der Waals surface area (Å²) < 4.78 is 50.1. The molecule has 2 N–H and O–H groups in total. The van der Waals surface area contributed by atoms with E-state index in [0.717, 1.165) is 11.2 Å². The molecule has 11 nitrogen and oxygen atoms in total. The van der Waals surface area contributed by atoms with E-state index in [1.807, 2.05) is 0 Å². The fourth-order valence-corrected chi connectivity index (χ4v) is 5.94. The molecule has 3 rings (SSSR count). The molecule has 0 saturated heterocycles. The van der Waals surface area contributed by atoms with Crippen molar-refractivity contribution in [1.82, 2.24) is 9.79 Å². The Morgan fingerprint density at radius 2 is 1.83 bits per heavy atom. The van der Waals surface area contributed by atoms with Crippen LogP contribution in [-0.4, -0.2) is 56.4 Å². The number of esters is 1. The predicted octanol–water partition coefficient (Wildman–Crippen LogP) is 1.98. The van der Waals surface area contributed by atoms with Crippen molar-refractivity contribution >= 4 is 21.9 Å². The smallest absolute Gasteiger partial charge is 0.302 e. The lowest BCUT2D eigenvalue weighted by atomic mass is 10.1. The van der Waals surface area contributed by atoms with Crippen molar-refractivity contribution in [2.24, 2.45) is 0 Å². The maximum atomic E-state index is 14.1. The van der Waals surface area contributed by atoms with E-state index in [2.05, 4.69) is 0 Å². The molecule has 2 aromatic carbocycles. The Morgan fingerprint density at radius 3 is 2.46 bits per heavy atom. The summed E-state index contributed by atoms with van der Waals surface area (Å²) in [6.45, 7) is 5.25. The number of sulfonamides is 1. The first-order valence-electron chi connectivity index (χ1n) is 10.6. The van der Waals surface area contributed by atoms with Gasteiger partial charge in [0.05, 0.1) is 12.0 Å². The van der Waals surface area contributed by atoms with Gasteiger partial charge in [0.2, 0.25) is 16.8 Å². The van der Waals surface area contributed by atoms with E-state index in [0.29, 0.717) is 39.5 Å². The normalized spacial score (nSPS) is 13.5. The van der Waals surface area contributed by atoms with Crippen molar-refractivity contribution in [3.8, 4) is 17.2 Å². The molecule has 0 aliphatic carbocycles. The van der Waals surface area contributed by atoms with E-state index in [4.69, 9.17) is 18.9 Å². The maximum absolute atomic E-state index is 14.1. The molecule has 1 aliphatic rings. The number of carbonyl (C=O) groups excluding carboxylic acids is 2. The van der Waals surface area contributed by atoms with Gasteiger partial charge < -0.3 is 18.9 Å². The van der Waals surface area contributed by atoms with Crippen LogP contribution in [0.2, 0.25) is 0 Å². The molecule has 35 heavy (non-hydrogen) atoms. The third-order valence-electron chi connectivity index (χ3n) is 5.75. The van der Waals surface area contributed by atoms with Crippen molar-refractivity contribution < 1.29 is 42.2 Å². The van der Waals surface area contributed by atoms with Crippen molar-refractivity contribution in [1.29, 1.82) is 0 Å². The second-order valence-electron chi connectivity index (χ2n) is 8.01. The number of rotatable bonds is 9. The number of fused-ring (bicyclic) bond motifs is 1. The molecule has 0 fully saturated rings. The lowest BCUT2D eigenvalue weighted by molar-refractivity contribution is -0.145. The number of hydrogen-bond acceptors (Lipinski definition) is 9. The van der Waals surface area contributed by atoms with Gasteiger partial charge in [0.15, 0.2) is 11.5 Å². The number of hydroxylamine groups is 1. The first-order valence-corrected chi connectivity index (χ1v) is 12.1. The Hall–Kier alpha value is -3.35. The second kappa shape index (κ2) is 10.5. The molecule has 2 aromatic rings. The molecule has 1 heterocycles. The van der Waals surface area contributed by atoms with Gasteiger partial charge in [-0.05, 0) is 61.2 Å². The van der Waals surface area contributed by atoms with Crippen LogP contribution in [-0.2, 0) is 30.9 Å². The number of aryl methyl sites for hydroxylation is 1. The van der Waals surface area contributed by atoms with Crippen molar-refractivity contribution in [3.05, 3.63) is 46.5 Å². The van der Waals surface area contributed by atoms with E-state index < -0.39 is 34.5 Å². The molecule has 1 unspecified atom stereocenters. The maximum Gasteiger partial charge on any atom is 0.302 e. The SMILES string of the molecule is COc1cc(C)c(S(=O)(=O)N(Cc2ccc3c(c2)OCO3)C(COC(C)=O)C(=O)NO)c(C)c1C. The van der Waals surface area contributed by atoms with E-state index in [9.17, 15) is 23.2 Å². The van der Waals surface area contributed by atoms with Gasteiger partial charge in [0.1, 0.15) is 18.4 Å². The first-order chi connectivity index (χ1) is 16.5. The van der Waals surface area contributed by atoms with Crippen LogP contribution in [0.15, 0.2) is 29.2 Å². The Kier molecular flexibility index (Phi) is 7.88. The number of amides is 1. The lowest BCUT2D eigenvalue weighted by Crippen LogP contribution is -2.51. The zero-order chi connectivity index (χ0) is 25.9.